The normalized spacial score (nSPS) is 14.1. The SMILES string of the molecule is CC(C)CC(=O)Nc1ccc(Cc2nccc(N3CCCC3)n2)cc1. The Balaban J connectivity index is 1.61. The molecule has 132 valence electrons. The highest BCUT2D eigenvalue weighted by molar-refractivity contribution is 5.90. The van der Waals surface area contributed by atoms with Crippen molar-refractivity contribution in [2.45, 2.75) is 39.5 Å². The number of nitrogens with one attached hydrogen (secondary N) is 1. The number of carbonyl (C=O) groups is 1. The van der Waals surface area contributed by atoms with E-state index in [0.717, 1.165) is 36.0 Å². The Labute approximate surface area is 149 Å². The first-order chi connectivity index (χ1) is 12.1. The van der Waals surface area contributed by atoms with Crippen LogP contribution in [0.5, 0.6) is 0 Å². The van der Waals surface area contributed by atoms with Gasteiger partial charge in [0.05, 0.1) is 0 Å². The molecule has 1 saturated heterocycles. The number of anilines is 2. The Hall–Kier alpha value is -2.43. The van der Waals surface area contributed by atoms with Gasteiger partial charge in [0, 0.05) is 37.8 Å². The Morgan fingerprint density at radius 3 is 2.56 bits per heavy atom. The summed E-state index contributed by atoms with van der Waals surface area (Å²) < 4.78 is 0. The number of hydrogen-bond acceptors (Lipinski definition) is 4. The minimum absolute atomic E-state index is 0.0596. The monoisotopic (exact) mass is 338 g/mol. The molecular formula is C20H26N4O. The lowest BCUT2D eigenvalue weighted by Crippen LogP contribution is -2.19. The fourth-order valence-electron chi connectivity index (χ4n) is 3.07. The second kappa shape index (κ2) is 8.10. The van der Waals surface area contributed by atoms with E-state index in [1.54, 1.807) is 0 Å². The molecule has 5 heteroatoms. The van der Waals surface area contributed by atoms with E-state index in [2.05, 4.69) is 15.2 Å². The average Bonchev–Trinajstić information content (AvgIpc) is 3.11. The second-order valence-electron chi connectivity index (χ2n) is 7.05. The van der Waals surface area contributed by atoms with E-state index < -0.39 is 0 Å². The predicted molar refractivity (Wildman–Crippen MR) is 101 cm³/mol. The number of aromatic nitrogens is 2. The zero-order valence-corrected chi connectivity index (χ0v) is 15.0. The van der Waals surface area contributed by atoms with Gasteiger partial charge >= 0.3 is 0 Å². The van der Waals surface area contributed by atoms with Crippen LogP contribution in [0.3, 0.4) is 0 Å². The van der Waals surface area contributed by atoms with Crippen LogP contribution in [0.25, 0.3) is 0 Å². The van der Waals surface area contributed by atoms with Crippen molar-refractivity contribution in [1.82, 2.24) is 9.97 Å². The molecule has 0 saturated carbocycles. The standard InChI is InChI=1S/C20H26N4O/c1-15(2)13-20(25)22-17-7-5-16(6-8-17)14-18-21-10-9-19(23-18)24-11-3-4-12-24/h5-10,15H,3-4,11-14H2,1-2H3,(H,22,25). The molecule has 0 bridgehead atoms. The molecule has 1 fully saturated rings. The summed E-state index contributed by atoms with van der Waals surface area (Å²) in [5.41, 5.74) is 1.97. The van der Waals surface area contributed by atoms with Gasteiger partial charge in [-0.15, -0.1) is 0 Å². The van der Waals surface area contributed by atoms with Crippen molar-refractivity contribution in [3.8, 4) is 0 Å². The summed E-state index contributed by atoms with van der Waals surface area (Å²) in [7, 11) is 0. The predicted octanol–water partition coefficient (Wildman–Crippen LogP) is 3.65. The fourth-order valence-corrected chi connectivity index (χ4v) is 3.07. The average molecular weight is 338 g/mol. The topological polar surface area (TPSA) is 58.1 Å². The smallest absolute Gasteiger partial charge is 0.224 e. The van der Waals surface area contributed by atoms with E-state index in [4.69, 9.17) is 4.98 Å². The van der Waals surface area contributed by atoms with E-state index >= 15 is 0 Å². The molecule has 0 spiro atoms. The molecule has 2 heterocycles. The number of hydrogen-bond donors (Lipinski definition) is 1. The number of benzene rings is 1. The lowest BCUT2D eigenvalue weighted by molar-refractivity contribution is -0.116. The van der Waals surface area contributed by atoms with Gasteiger partial charge in [-0.3, -0.25) is 4.79 Å². The van der Waals surface area contributed by atoms with Crippen molar-refractivity contribution in [2.24, 2.45) is 5.92 Å². The van der Waals surface area contributed by atoms with E-state index in [1.165, 1.54) is 12.8 Å². The third-order valence-corrected chi connectivity index (χ3v) is 4.31. The van der Waals surface area contributed by atoms with Gasteiger partial charge < -0.3 is 10.2 Å². The van der Waals surface area contributed by atoms with Crippen LogP contribution in [0.2, 0.25) is 0 Å². The molecule has 1 aromatic heterocycles. The molecular weight excluding hydrogens is 312 g/mol. The maximum absolute atomic E-state index is 11.8. The summed E-state index contributed by atoms with van der Waals surface area (Å²) in [5.74, 6) is 2.28. The number of amides is 1. The highest BCUT2D eigenvalue weighted by Gasteiger charge is 2.14. The molecule has 0 aliphatic carbocycles. The first-order valence-electron chi connectivity index (χ1n) is 9.06. The third-order valence-electron chi connectivity index (χ3n) is 4.31. The fraction of sp³-hybridized carbons (Fsp3) is 0.450. The van der Waals surface area contributed by atoms with Crippen LogP contribution in [0.4, 0.5) is 11.5 Å². The zero-order valence-electron chi connectivity index (χ0n) is 15.0. The van der Waals surface area contributed by atoms with Gasteiger partial charge in [-0.25, -0.2) is 9.97 Å². The van der Waals surface area contributed by atoms with E-state index in [0.29, 0.717) is 18.8 Å². The van der Waals surface area contributed by atoms with E-state index in [-0.39, 0.29) is 5.91 Å². The van der Waals surface area contributed by atoms with Crippen LogP contribution in [0, 0.1) is 5.92 Å². The maximum atomic E-state index is 11.8. The number of nitrogens with zero attached hydrogens (tertiary/aromatic N) is 3. The molecule has 1 aromatic carbocycles. The summed E-state index contributed by atoms with van der Waals surface area (Å²) in [4.78, 5) is 23.2. The van der Waals surface area contributed by atoms with E-state index in [1.807, 2.05) is 50.4 Å². The van der Waals surface area contributed by atoms with Gasteiger partial charge in [0.1, 0.15) is 11.6 Å². The molecule has 25 heavy (non-hydrogen) atoms. The Morgan fingerprint density at radius 1 is 1.16 bits per heavy atom. The molecule has 1 aliphatic rings. The van der Waals surface area contributed by atoms with Gasteiger partial charge in [0.2, 0.25) is 5.91 Å². The van der Waals surface area contributed by atoms with Gasteiger partial charge in [-0.1, -0.05) is 26.0 Å². The van der Waals surface area contributed by atoms with Gasteiger partial charge in [0.15, 0.2) is 0 Å². The zero-order chi connectivity index (χ0) is 17.6. The quantitative estimate of drug-likeness (QED) is 0.873. The summed E-state index contributed by atoms with van der Waals surface area (Å²) in [6.07, 6.45) is 5.56. The van der Waals surface area contributed by atoms with Gasteiger partial charge in [-0.05, 0) is 42.5 Å². The van der Waals surface area contributed by atoms with Crippen molar-refractivity contribution in [3.63, 3.8) is 0 Å². The summed E-state index contributed by atoms with van der Waals surface area (Å²) >= 11 is 0. The number of rotatable bonds is 6. The number of carbonyl (C=O) groups excluding carboxylic acids is 1. The van der Waals surface area contributed by atoms with Crippen molar-refractivity contribution >= 4 is 17.4 Å². The van der Waals surface area contributed by atoms with Crippen LogP contribution in [-0.4, -0.2) is 29.0 Å². The van der Waals surface area contributed by atoms with Crippen molar-refractivity contribution < 1.29 is 4.79 Å². The maximum Gasteiger partial charge on any atom is 0.224 e. The van der Waals surface area contributed by atoms with Crippen LogP contribution in [0.15, 0.2) is 36.5 Å². The highest BCUT2D eigenvalue weighted by Crippen LogP contribution is 2.18. The van der Waals surface area contributed by atoms with Crippen LogP contribution in [0.1, 0.15) is 44.5 Å². The Morgan fingerprint density at radius 2 is 1.88 bits per heavy atom. The lowest BCUT2D eigenvalue weighted by atomic mass is 10.1. The van der Waals surface area contributed by atoms with Crippen molar-refractivity contribution in [1.29, 1.82) is 0 Å². The molecule has 3 rings (SSSR count). The molecule has 5 nitrogen and oxygen atoms in total. The molecule has 0 atom stereocenters. The minimum atomic E-state index is 0.0596. The van der Waals surface area contributed by atoms with Crippen molar-refractivity contribution in [3.05, 3.63) is 47.9 Å². The van der Waals surface area contributed by atoms with Gasteiger partial charge in [0.25, 0.3) is 0 Å². The Kier molecular flexibility index (Phi) is 5.64. The van der Waals surface area contributed by atoms with Crippen LogP contribution in [-0.2, 0) is 11.2 Å². The Bertz CT molecular complexity index is 706. The molecule has 0 radical (unpaired) electrons. The first-order valence-corrected chi connectivity index (χ1v) is 9.06. The molecule has 1 aliphatic heterocycles. The van der Waals surface area contributed by atoms with Crippen LogP contribution >= 0.6 is 0 Å². The van der Waals surface area contributed by atoms with Crippen LogP contribution < -0.4 is 10.2 Å². The molecule has 1 N–H and O–H groups in total. The molecule has 1 amide bonds. The molecule has 2 aromatic rings. The first kappa shape index (κ1) is 17.4. The summed E-state index contributed by atoms with van der Waals surface area (Å²) in [5, 5.41) is 2.93. The van der Waals surface area contributed by atoms with Gasteiger partial charge in [-0.2, -0.15) is 0 Å². The highest BCUT2D eigenvalue weighted by atomic mass is 16.1. The van der Waals surface area contributed by atoms with E-state index in [9.17, 15) is 4.79 Å². The third kappa shape index (κ3) is 5.02. The van der Waals surface area contributed by atoms with Crippen molar-refractivity contribution in [2.75, 3.05) is 23.3 Å². The summed E-state index contributed by atoms with van der Waals surface area (Å²) in [6, 6.07) is 9.92. The molecule has 0 unspecified atom stereocenters. The lowest BCUT2D eigenvalue weighted by Gasteiger charge is -2.16. The largest absolute Gasteiger partial charge is 0.357 e. The minimum Gasteiger partial charge on any atom is -0.357 e. The summed E-state index contributed by atoms with van der Waals surface area (Å²) in [6.45, 7) is 6.25. The second-order valence-corrected chi connectivity index (χ2v) is 7.05.